The Balaban J connectivity index is 1.99. The number of carbonyl (C=O) groups is 1. The van der Waals surface area contributed by atoms with Gasteiger partial charge in [-0.05, 0) is 19.3 Å². The van der Waals surface area contributed by atoms with Crippen LogP contribution < -0.4 is 0 Å². The maximum Gasteiger partial charge on any atom is 0.223 e. The summed E-state index contributed by atoms with van der Waals surface area (Å²) in [5, 5.41) is 3.96. The summed E-state index contributed by atoms with van der Waals surface area (Å²) in [6.07, 6.45) is 3.60. The van der Waals surface area contributed by atoms with Crippen LogP contribution in [0.1, 0.15) is 50.2 Å². The lowest BCUT2D eigenvalue weighted by atomic mass is 9.97. The zero-order chi connectivity index (χ0) is 12.3. The molecule has 0 unspecified atom stereocenters. The predicted molar refractivity (Wildman–Crippen MR) is 62.5 cm³/mol. The number of rotatable bonds is 3. The third kappa shape index (κ3) is 2.84. The summed E-state index contributed by atoms with van der Waals surface area (Å²) in [7, 11) is 0. The van der Waals surface area contributed by atoms with E-state index in [1.807, 2.05) is 11.8 Å². The Bertz CT molecular complexity index is 389. The first-order valence-corrected chi connectivity index (χ1v) is 6.28. The highest BCUT2D eigenvalue weighted by Crippen LogP contribution is 2.25. The van der Waals surface area contributed by atoms with Gasteiger partial charge in [0.05, 0.1) is 0 Å². The minimum atomic E-state index is 0.238. The number of aromatic nitrogens is 2. The number of likely N-dealkylation sites (tertiary alicyclic amines) is 1. The Morgan fingerprint density at radius 3 is 3.06 bits per heavy atom. The second kappa shape index (κ2) is 5.29. The van der Waals surface area contributed by atoms with Crippen molar-refractivity contribution in [3.63, 3.8) is 0 Å². The molecular formula is C12H19N3O2. The lowest BCUT2D eigenvalue weighted by Gasteiger charge is -2.31. The highest BCUT2D eigenvalue weighted by atomic mass is 16.5. The molecule has 94 valence electrons. The molecule has 5 heteroatoms. The first-order chi connectivity index (χ1) is 8.20. The third-order valence-corrected chi connectivity index (χ3v) is 3.15. The number of hydrogen-bond acceptors (Lipinski definition) is 4. The van der Waals surface area contributed by atoms with Gasteiger partial charge in [0.15, 0.2) is 5.82 Å². The van der Waals surface area contributed by atoms with Crippen LogP contribution in [0.4, 0.5) is 0 Å². The van der Waals surface area contributed by atoms with Crippen molar-refractivity contribution in [2.75, 3.05) is 13.1 Å². The molecule has 17 heavy (non-hydrogen) atoms. The molecule has 1 atom stereocenters. The van der Waals surface area contributed by atoms with Gasteiger partial charge in [-0.15, -0.1) is 0 Å². The van der Waals surface area contributed by atoms with Crippen molar-refractivity contribution in [2.24, 2.45) is 0 Å². The van der Waals surface area contributed by atoms with Crippen molar-refractivity contribution in [2.45, 2.75) is 45.4 Å². The van der Waals surface area contributed by atoms with Gasteiger partial charge in [0.2, 0.25) is 11.8 Å². The average molecular weight is 237 g/mol. The molecule has 2 rings (SSSR count). The van der Waals surface area contributed by atoms with E-state index in [4.69, 9.17) is 4.52 Å². The van der Waals surface area contributed by atoms with Crippen LogP contribution >= 0.6 is 0 Å². The number of hydrogen-bond donors (Lipinski definition) is 0. The maximum absolute atomic E-state index is 11.8. The molecule has 5 nitrogen and oxygen atoms in total. The molecule has 1 aliphatic heterocycles. The third-order valence-electron chi connectivity index (χ3n) is 3.15. The number of carbonyl (C=O) groups excluding carboxylic acids is 1. The quantitative estimate of drug-likeness (QED) is 0.805. The summed E-state index contributed by atoms with van der Waals surface area (Å²) in [6.45, 7) is 5.42. The second-order valence-electron chi connectivity index (χ2n) is 4.60. The van der Waals surface area contributed by atoms with Crippen molar-refractivity contribution in [3.8, 4) is 0 Å². The Morgan fingerprint density at radius 1 is 1.59 bits per heavy atom. The Kier molecular flexibility index (Phi) is 3.76. The highest BCUT2D eigenvalue weighted by molar-refractivity contribution is 5.76. The van der Waals surface area contributed by atoms with Crippen molar-refractivity contribution >= 4 is 5.91 Å². The fraction of sp³-hybridized carbons (Fsp3) is 0.750. The van der Waals surface area contributed by atoms with Crippen LogP contribution in [0.3, 0.4) is 0 Å². The number of piperidine rings is 1. The monoisotopic (exact) mass is 237 g/mol. The van der Waals surface area contributed by atoms with Gasteiger partial charge in [0.1, 0.15) is 0 Å². The molecule has 1 amide bonds. The van der Waals surface area contributed by atoms with Crippen LogP contribution in [-0.2, 0) is 4.79 Å². The van der Waals surface area contributed by atoms with Crippen molar-refractivity contribution < 1.29 is 9.32 Å². The van der Waals surface area contributed by atoms with E-state index in [9.17, 15) is 4.79 Å². The van der Waals surface area contributed by atoms with Crippen LogP contribution in [-0.4, -0.2) is 34.0 Å². The molecule has 1 aromatic heterocycles. The minimum absolute atomic E-state index is 0.238. The van der Waals surface area contributed by atoms with Gasteiger partial charge in [-0.1, -0.05) is 12.1 Å². The van der Waals surface area contributed by atoms with Gasteiger partial charge in [-0.2, -0.15) is 4.98 Å². The van der Waals surface area contributed by atoms with E-state index in [0.717, 1.165) is 38.2 Å². The zero-order valence-corrected chi connectivity index (χ0v) is 10.5. The molecule has 2 heterocycles. The normalized spacial score (nSPS) is 20.6. The molecule has 1 saturated heterocycles. The molecule has 1 fully saturated rings. The topological polar surface area (TPSA) is 59.2 Å². The van der Waals surface area contributed by atoms with Crippen LogP contribution in [0, 0.1) is 6.92 Å². The summed E-state index contributed by atoms with van der Waals surface area (Å²) >= 11 is 0. The van der Waals surface area contributed by atoms with Crippen LogP contribution in [0.25, 0.3) is 0 Å². The van der Waals surface area contributed by atoms with E-state index in [1.54, 1.807) is 6.92 Å². The molecule has 1 aliphatic rings. The molecular weight excluding hydrogens is 218 g/mol. The molecule has 0 spiro atoms. The standard InChI is InChI=1S/C12H19N3O2/c1-3-5-11(16)15-7-4-6-10(8-15)12-13-9(2)17-14-12/h10H,3-8H2,1-2H3/t10-/m0/s1. The van der Waals surface area contributed by atoms with Crippen molar-refractivity contribution in [1.29, 1.82) is 0 Å². The van der Waals surface area contributed by atoms with E-state index in [2.05, 4.69) is 10.1 Å². The van der Waals surface area contributed by atoms with Gasteiger partial charge < -0.3 is 9.42 Å². The largest absolute Gasteiger partial charge is 0.342 e. The number of amides is 1. The first-order valence-electron chi connectivity index (χ1n) is 6.28. The molecule has 0 aliphatic carbocycles. The highest BCUT2D eigenvalue weighted by Gasteiger charge is 2.27. The van der Waals surface area contributed by atoms with Gasteiger partial charge in [-0.25, -0.2) is 0 Å². The second-order valence-corrected chi connectivity index (χ2v) is 4.60. The fourth-order valence-electron chi connectivity index (χ4n) is 2.27. The van der Waals surface area contributed by atoms with Crippen molar-refractivity contribution in [3.05, 3.63) is 11.7 Å². The SMILES string of the molecule is CCCC(=O)N1CCC[C@H](c2noc(C)n2)C1. The predicted octanol–water partition coefficient (Wildman–Crippen LogP) is 1.88. The lowest BCUT2D eigenvalue weighted by Crippen LogP contribution is -2.39. The minimum Gasteiger partial charge on any atom is -0.342 e. The number of aryl methyl sites for hydroxylation is 1. The summed E-state index contributed by atoms with van der Waals surface area (Å²) in [5.41, 5.74) is 0. The van der Waals surface area contributed by atoms with E-state index in [-0.39, 0.29) is 11.8 Å². The summed E-state index contributed by atoms with van der Waals surface area (Å²) in [5.74, 6) is 1.83. The lowest BCUT2D eigenvalue weighted by molar-refractivity contribution is -0.132. The van der Waals surface area contributed by atoms with Crippen LogP contribution in [0.2, 0.25) is 0 Å². The molecule has 0 N–H and O–H groups in total. The molecule has 0 saturated carbocycles. The summed E-state index contributed by atoms with van der Waals surface area (Å²) < 4.78 is 5.00. The smallest absolute Gasteiger partial charge is 0.223 e. The maximum atomic E-state index is 11.8. The molecule has 0 bridgehead atoms. The van der Waals surface area contributed by atoms with Gasteiger partial charge in [0, 0.05) is 32.4 Å². The zero-order valence-electron chi connectivity index (χ0n) is 10.5. The van der Waals surface area contributed by atoms with Crippen molar-refractivity contribution in [1.82, 2.24) is 15.0 Å². The fourth-order valence-corrected chi connectivity index (χ4v) is 2.27. The molecule has 0 radical (unpaired) electrons. The molecule has 0 aromatic carbocycles. The number of nitrogens with zero attached hydrogens (tertiary/aromatic N) is 3. The van der Waals surface area contributed by atoms with E-state index < -0.39 is 0 Å². The van der Waals surface area contributed by atoms with E-state index in [0.29, 0.717) is 12.3 Å². The van der Waals surface area contributed by atoms with E-state index in [1.165, 1.54) is 0 Å². The van der Waals surface area contributed by atoms with E-state index >= 15 is 0 Å². The summed E-state index contributed by atoms with van der Waals surface area (Å²) in [4.78, 5) is 18.0. The van der Waals surface area contributed by atoms with Gasteiger partial charge in [0.25, 0.3) is 0 Å². The first kappa shape index (κ1) is 12.1. The van der Waals surface area contributed by atoms with Crippen LogP contribution in [0.15, 0.2) is 4.52 Å². The summed E-state index contributed by atoms with van der Waals surface area (Å²) in [6, 6.07) is 0. The average Bonchev–Trinajstić information content (AvgIpc) is 2.76. The Labute approximate surface area is 101 Å². The molecule has 1 aromatic rings. The van der Waals surface area contributed by atoms with Gasteiger partial charge >= 0.3 is 0 Å². The van der Waals surface area contributed by atoms with Gasteiger partial charge in [-0.3, -0.25) is 4.79 Å². The Morgan fingerprint density at radius 2 is 2.41 bits per heavy atom. The van der Waals surface area contributed by atoms with Crippen LogP contribution in [0.5, 0.6) is 0 Å². The Hall–Kier alpha value is -1.39.